The minimum absolute atomic E-state index is 0.0313. The molecule has 0 radical (unpaired) electrons. The van der Waals surface area contributed by atoms with Crippen molar-refractivity contribution in [1.82, 2.24) is 10.2 Å². The van der Waals surface area contributed by atoms with Crippen LogP contribution in [0.1, 0.15) is 32.3 Å². The van der Waals surface area contributed by atoms with Gasteiger partial charge in [0.2, 0.25) is 21.8 Å². The highest BCUT2D eigenvalue weighted by Gasteiger charge is 2.30. The normalized spacial score (nSPS) is 12.2. The van der Waals surface area contributed by atoms with Crippen molar-refractivity contribution in [3.8, 4) is 0 Å². The van der Waals surface area contributed by atoms with E-state index in [2.05, 4.69) is 5.32 Å². The molecule has 2 rings (SSSR count). The molecule has 0 bridgehead atoms. The summed E-state index contributed by atoms with van der Waals surface area (Å²) in [6, 6.07) is 9.30. The number of anilines is 1. The van der Waals surface area contributed by atoms with Crippen LogP contribution >= 0.6 is 23.2 Å². The average molecular weight is 532 g/mol. The summed E-state index contributed by atoms with van der Waals surface area (Å²) >= 11 is 11.9. The number of carbonyl (C=O) groups is 2. The summed E-state index contributed by atoms with van der Waals surface area (Å²) < 4.78 is 39.4. The highest BCUT2D eigenvalue weighted by Crippen LogP contribution is 2.25. The number of sulfonamides is 1. The van der Waals surface area contributed by atoms with Gasteiger partial charge >= 0.3 is 0 Å². The Balaban J connectivity index is 2.37. The molecular weight excluding hydrogens is 504 g/mol. The van der Waals surface area contributed by atoms with Crippen molar-refractivity contribution in [2.75, 3.05) is 23.7 Å². The Morgan fingerprint density at radius 3 is 2.44 bits per heavy atom. The molecule has 0 aliphatic heterocycles. The molecule has 2 aromatic carbocycles. The molecule has 0 unspecified atom stereocenters. The third-order valence-corrected chi connectivity index (χ3v) is 6.77. The molecule has 1 atom stereocenters. The van der Waals surface area contributed by atoms with Gasteiger partial charge < -0.3 is 10.2 Å². The molecule has 0 heterocycles. The molecule has 2 aromatic rings. The van der Waals surface area contributed by atoms with Gasteiger partial charge in [0.05, 0.1) is 17.0 Å². The number of nitrogens with zero attached hydrogens (tertiary/aromatic N) is 2. The topological polar surface area (TPSA) is 86.8 Å². The van der Waals surface area contributed by atoms with E-state index in [-0.39, 0.29) is 23.2 Å². The van der Waals surface area contributed by atoms with Crippen LogP contribution in [-0.2, 0) is 26.2 Å². The summed E-state index contributed by atoms with van der Waals surface area (Å²) in [5, 5.41) is 2.98. The Labute approximate surface area is 209 Å². The number of nitrogens with one attached hydrogen (secondary N) is 1. The zero-order valence-electron chi connectivity index (χ0n) is 19.2. The van der Waals surface area contributed by atoms with Crippen LogP contribution in [0, 0.1) is 5.82 Å². The molecule has 0 saturated heterocycles. The smallest absolute Gasteiger partial charge is 0.244 e. The monoisotopic (exact) mass is 531 g/mol. The van der Waals surface area contributed by atoms with Gasteiger partial charge in [-0.3, -0.25) is 13.9 Å². The second-order valence-electron chi connectivity index (χ2n) is 7.84. The van der Waals surface area contributed by atoms with Gasteiger partial charge in [-0.25, -0.2) is 12.8 Å². The molecule has 7 nitrogen and oxygen atoms in total. The zero-order valence-corrected chi connectivity index (χ0v) is 21.6. The number of hydrogen-bond donors (Lipinski definition) is 1. The molecule has 34 heavy (non-hydrogen) atoms. The van der Waals surface area contributed by atoms with Crippen LogP contribution in [0.4, 0.5) is 10.1 Å². The van der Waals surface area contributed by atoms with Gasteiger partial charge in [-0.05, 0) is 49.2 Å². The first kappa shape index (κ1) is 27.9. The summed E-state index contributed by atoms with van der Waals surface area (Å²) in [4.78, 5) is 27.4. The molecule has 186 valence electrons. The van der Waals surface area contributed by atoms with E-state index in [1.807, 2.05) is 6.92 Å². The minimum Gasteiger partial charge on any atom is -0.354 e. The highest BCUT2D eigenvalue weighted by molar-refractivity contribution is 7.92. The van der Waals surface area contributed by atoms with E-state index >= 15 is 0 Å². The quantitative estimate of drug-likeness (QED) is 0.439. The van der Waals surface area contributed by atoms with Gasteiger partial charge in [-0.1, -0.05) is 48.7 Å². The number of halogens is 3. The molecule has 0 aliphatic carbocycles. The first-order valence-electron chi connectivity index (χ1n) is 10.7. The minimum atomic E-state index is -3.94. The first-order chi connectivity index (χ1) is 15.9. The number of hydrogen-bond acceptors (Lipinski definition) is 4. The Hall–Kier alpha value is -2.36. The maximum Gasteiger partial charge on any atom is 0.244 e. The lowest BCUT2D eigenvalue weighted by Crippen LogP contribution is -2.51. The SMILES string of the molecule is CCCCNC(=O)[C@@H](C)N(Cc1cccc(Cl)c1)C(=O)CN(c1ccc(F)c(Cl)c1)S(C)(=O)=O. The number of carbonyl (C=O) groups excluding carboxylic acids is 2. The van der Waals surface area contributed by atoms with E-state index in [1.54, 1.807) is 31.2 Å². The van der Waals surface area contributed by atoms with Gasteiger partial charge in [-0.15, -0.1) is 0 Å². The van der Waals surface area contributed by atoms with E-state index in [4.69, 9.17) is 23.2 Å². The molecule has 0 fully saturated rings. The summed E-state index contributed by atoms with van der Waals surface area (Å²) in [7, 11) is -3.94. The second kappa shape index (κ2) is 12.4. The van der Waals surface area contributed by atoms with Crippen LogP contribution in [0.15, 0.2) is 42.5 Å². The summed E-state index contributed by atoms with van der Waals surface area (Å²) in [5.74, 6) is -1.70. The van der Waals surface area contributed by atoms with Gasteiger partial charge in [0.1, 0.15) is 18.4 Å². The standard InChI is InChI=1S/C23H28Cl2FN3O4S/c1-4-5-11-27-23(31)16(2)28(14-17-7-6-8-18(24)12-17)22(30)15-29(34(3,32)33)19-9-10-21(26)20(25)13-19/h6-10,12-13,16H,4-5,11,14-15H2,1-3H3,(H,27,31)/t16-/m1/s1. The predicted octanol–water partition coefficient (Wildman–Crippen LogP) is 4.23. The molecule has 1 N–H and O–H groups in total. The van der Waals surface area contributed by atoms with Crippen molar-refractivity contribution < 1.29 is 22.4 Å². The molecule has 11 heteroatoms. The fourth-order valence-corrected chi connectivity index (χ4v) is 4.43. The maximum absolute atomic E-state index is 13.6. The lowest BCUT2D eigenvalue weighted by atomic mass is 10.1. The van der Waals surface area contributed by atoms with Gasteiger partial charge in [0, 0.05) is 18.1 Å². The van der Waals surface area contributed by atoms with E-state index in [0.717, 1.165) is 35.5 Å². The number of benzene rings is 2. The Bertz CT molecular complexity index is 1130. The molecule has 0 spiro atoms. The van der Waals surface area contributed by atoms with E-state index < -0.39 is 34.3 Å². The van der Waals surface area contributed by atoms with Crippen LogP contribution in [0.2, 0.25) is 10.0 Å². The van der Waals surface area contributed by atoms with Crippen LogP contribution < -0.4 is 9.62 Å². The van der Waals surface area contributed by atoms with Crippen molar-refractivity contribution in [2.45, 2.75) is 39.3 Å². The van der Waals surface area contributed by atoms with Gasteiger partial charge in [-0.2, -0.15) is 0 Å². The number of amides is 2. The van der Waals surface area contributed by atoms with Crippen molar-refractivity contribution in [1.29, 1.82) is 0 Å². The zero-order chi connectivity index (χ0) is 25.5. The lowest BCUT2D eigenvalue weighted by Gasteiger charge is -2.31. The van der Waals surface area contributed by atoms with Crippen LogP contribution in [0.5, 0.6) is 0 Å². The molecule has 0 aromatic heterocycles. The van der Waals surface area contributed by atoms with Crippen molar-refractivity contribution in [2.24, 2.45) is 0 Å². The summed E-state index contributed by atoms with van der Waals surface area (Å²) in [6.45, 7) is 3.45. The van der Waals surface area contributed by atoms with Crippen molar-refractivity contribution in [3.05, 3.63) is 63.9 Å². The van der Waals surface area contributed by atoms with Crippen LogP contribution in [0.3, 0.4) is 0 Å². The fraction of sp³-hybridized carbons (Fsp3) is 0.391. The summed E-state index contributed by atoms with van der Waals surface area (Å²) in [6.07, 6.45) is 2.61. The average Bonchev–Trinajstić information content (AvgIpc) is 2.76. The van der Waals surface area contributed by atoms with Crippen LogP contribution in [0.25, 0.3) is 0 Å². The molecule has 2 amide bonds. The Kier molecular flexibility index (Phi) is 10.1. The molecule has 0 aliphatic rings. The first-order valence-corrected chi connectivity index (χ1v) is 13.3. The molecular formula is C23H28Cl2FN3O4S. The number of unbranched alkanes of at least 4 members (excludes halogenated alkanes) is 1. The number of rotatable bonds is 11. The summed E-state index contributed by atoms with van der Waals surface area (Å²) in [5.41, 5.74) is 0.704. The van der Waals surface area contributed by atoms with Crippen LogP contribution in [-0.4, -0.2) is 50.5 Å². The third kappa shape index (κ3) is 7.85. The third-order valence-electron chi connectivity index (χ3n) is 5.11. The maximum atomic E-state index is 13.6. The lowest BCUT2D eigenvalue weighted by molar-refractivity contribution is -0.139. The Morgan fingerprint density at radius 1 is 1.15 bits per heavy atom. The second-order valence-corrected chi connectivity index (χ2v) is 10.6. The van der Waals surface area contributed by atoms with E-state index in [0.29, 0.717) is 17.1 Å². The van der Waals surface area contributed by atoms with Crippen molar-refractivity contribution in [3.63, 3.8) is 0 Å². The molecule has 0 saturated carbocycles. The van der Waals surface area contributed by atoms with Gasteiger partial charge in [0.25, 0.3) is 0 Å². The van der Waals surface area contributed by atoms with Crippen molar-refractivity contribution >= 4 is 50.7 Å². The highest BCUT2D eigenvalue weighted by atomic mass is 35.5. The van der Waals surface area contributed by atoms with E-state index in [9.17, 15) is 22.4 Å². The van der Waals surface area contributed by atoms with E-state index in [1.165, 1.54) is 11.0 Å². The Morgan fingerprint density at radius 2 is 1.85 bits per heavy atom. The fourth-order valence-electron chi connectivity index (χ4n) is 3.20. The van der Waals surface area contributed by atoms with Gasteiger partial charge in [0.15, 0.2) is 0 Å². The largest absolute Gasteiger partial charge is 0.354 e. The predicted molar refractivity (Wildman–Crippen MR) is 133 cm³/mol.